The topological polar surface area (TPSA) is 58.9 Å². The van der Waals surface area contributed by atoms with E-state index in [-0.39, 0.29) is 51.0 Å². The van der Waals surface area contributed by atoms with Crippen molar-refractivity contribution in [1.82, 2.24) is 0 Å². The molecule has 4 saturated carbocycles. The first-order valence-electron chi connectivity index (χ1n) is 15.0. The molecule has 0 aromatic rings. The summed E-state index contributed by atoms with van der Waals surface area (Å²) < 4.78 is 12.0. The fraction of sp³-hybridized carbons (Fsp3) is 1.00. The zero-order valence-corrected chi connectivity index (χ0v) is 25.2. The largest absolute Gasteiger partial charge is 0.393 e. The molecule has 4 aliphatic rings. The van der Waals surface area contributed by atoms with E-state index in [0.29, 0.717) is 17.8 Å². The van der Waals surface area contributed by atoms with Crippen molar-refractivity contribution < 1.29 is 19.7 Å². The van der Waals surface area contributed by atoms with Crippen LogP contribution in [0.25, 0.3) is 0 Å². The maximum atomic E-state index is 12.0. The molecule has 0 heterocycles. The summed E-state index contributed by atoms with van der Waals surface area (Å²) in [6.45, 7) is 18.9. The number of aliphatic hydroxyl groups excluding tert-OH is 2. The van der Waals surface area contributed by atoms with Crippen LogP contribution in [0.5, 0.6) is 0 Å². The van der Waals surface area contributed by atoms with Gasteiger partial charge in [-0.15, -0.1) is 0 Å². The Morgan fingerprint density at radius 1 is 0.778 bits per heavy atom. The minimum absolute atomic E-state index is 0.0557. The highest BCUT2D eigenvalue weighted by Crippen LogP contribution is 2.75. The number of rotatable bonds is 7. The highest BCUT2D eigenvalue weighted by Gasteiger charge is 2.71. The maximum absolute atomic E-state index is 12.0. The van der Waals surface area contributed by atoms with E-state index in [1.807, 2.05) is 7.11 Å². The molecule has 0 saturated heterocycles. The van der Waals surface area contributed by atoms with Gasteiger partial charge in [-0.25, -0.2) is 0 Å². The number of fused-ring (bicyclic) bond motifs is 5. The molecule has 4 aliphatic carbocycles. The van der Waals surface area contributed by atoms with Crippen LogP contribution in [0.1, 0.15) is 120 Å². The number of methoxy groups -OCH3 is 2. The zero-order valence-electron chi connectivity index (χ0n) is 25.2. The van der Waals surface area contributed by atoms with Crippen LogP contribution in [0.4, 0.5) is 0 Å². The van der Waals surface area contributed by atoms with Crippen LogP contribution >= 0.6 is 0 Å². The molecule has 4 nitrogen and oxygen atoms in total. The molecule has 4 rings (SSSR count). The van der Waals surface area contributed by atoms with Gasteiger partial charge in [0.15, 0.2) is 0 Å². The van der Waals surface area contributed by atoms with Crippen molar-refractivity contribution in [3.63, 3.8) is 0 Å². The third kappa shape index (κ3) is 4.06. The van der Waals surface area contributed by atoms with Gasteiger partial charge in [-0.2, -0.15) is 0 Å². The average molecular weight is 507 g/mol. The molecule has 0 amide bonds. The molecule has 2 N–H and O–H groups in total. The van der Waals surface area contributed by atoms with Gasteiger partial charge in [0.1, 0.15) is 0 Å². The molecule has 0 bridgehead atoms. The molecule has 4 unspecified atom stereocenters. The van der Waals surface area contributed by atoms with Crippen molar-refractivity contribution in [3.05, 3.63) is 0 Å². The van der Waals surface area contributed by atoms with Crippen LogP contribution in [-0.4, -0.2) is 47.8 Å². The van der Waals surface area contributed by atoms with E-state index in [0.717, 1.165) is 44.9 Å². The van der Waals surface area contributed by atoms with Crippen molar-refractivity contribution in [1.29, 1.82) is 0 Å². The summed E-state index contributed by atoms with van der Waals surface area (Å²) in [6, 6.07) is 0. The fourth-order valence-electron chi connectivity index (χ4n) is 10.8. The van der Waals surface area contributed by atoms with Crippen molar-refractivity contribution in [2.75, 3.05) is 14.2 Å². The molecule has 0 aromatic heterocycles. The van der Waals surface area contributed by atoms with Gasteiger partial charge in [-0.3, -0.25) is 0 Å². The lowest BCUT2D eigenvalue weighted by Crippen LogP contribution is -2.66. The summed E-state index contributed by atoms with van der Waals surface area (Å²) in [7, 11) is 3.69. The van der Waals surface area contributed by atoms with E-state index in [9.17, 15) is 10.2 Å². The first-order valence-corrected chi connectivity index (χ1v) is 15.0. The molecule has 210 valence electrons. The highest BCUT2D eigenvalue weighted by molar-refractivity contribution is 5.20. The number of hydrogen-bond donors (Lipinski definition) is 2. The third-order valence-corrected chi connectivity index (χ3v) is 13.6. The van der Waals surface area contributed by atoms with Crippen LogP contribution in [-0.2, 0) is 9.47 Å². The Balaban J connectivity index is 1.63. The number of aliphatic hydroxyl groups is 2. The van der Waals surface area contributed by atoms with E-state index >= 15 is 0 Å². The Labute approximate surface area is 222 Å². The maximum Gasteiger partial charge on any atom is 0.0682 e. The Bertz CT molecular complexity index is 808. The Kier molecular flexibility index (Phi) is 7.37. The zero-order chi connectivity index (χ0) is 26.9. The molecule has 0 aromatic carbocycles. The summed E-state index contributed by atoms with van der Waals surface area (Å²) in [5.41, 5.74) is 0.106. The van der Waals surface area contributed by atoms with Gasteiger partial charge in [-0.1, -0.05) is 34.6 Å². The molecule has 4 heteroatoms. The van der Waals surface area contributed by atoms with E-state index in [2.05, 4.69) is 55.4 Å². The molecule has 0 aliphatic heterocycles. The molecule has 4 fully saturated rings. The lowest BCUT2D eigenvalue weighted by atomic mass is 9.35. The molecular formula is C32H58O4. The van der Waals surface area contributed by atoms with E-state index in [4.69, 9.17) is 9.47 Å². The monoisotopic (exact) mass is 506 g/mol. The average Bonchev–Trinajstić information content (AvgIpc) is 3.19. The second-order valence-corrected chi connectivity index (χ2v) is 15.7. The van der Waals surface area contributed by atoms with Gasteiger partial charge in [0, 0.05) is 14.2 Å². The van der Waals surface area contributed by atoms with Crippen molar-refractivity contribution >= 4 is 0 Å². The lowest BCUT2D eigenvalue weighted by molar-refractivity contribution is -0.247. The Morgan fingerprint density at radius 2 is 1.42 bits per heavy atom. The van der Waals surface area contributed by atoms with Gasteiger partial charge >= 0.3 is 0 Å². The second kappa shape index (κ2) is 9.20. The summed E-state index contributed by atoms with van der Waals surface area (Å²) in [4.78, 5) is 0. The minimum atomic E-state index is -0.281. The second-order valence-electron chi connectivity index (χ2n) is 15.7. The van der Waals surface area contributed by atoms with Crippen LogP contribution in [0.15, 0.2) is 0 Å². The summed E-state index contributed by atoms with van der Waals surface area (Å²) in [6.07, 6.45) is 10.2. The smallest absolute Gasteiger partial charge is 0.0682 e. The summed E-state index contributed by atoms with van der Waals surface area (Å²) in [5.74, 6) is 1.68. The summed E-state index contributed by atoms with van der Waals surface area (Å²) >= 11 is 0. The predicted molar refractivity (Wildman–Crippen MR) is 147 cm³/mol. The standard InChI is InChI=1S/C32H58O4/c1-27(2,35-9)15-11-16-32(8,36-10)21-12-18-31(7)26(21)22(33)20-24-29(5)17-14-25(34)28(3,4)23(29)13-19-30(24,31)6/h21-26,33-34H,11-20H2,1-10H3/t21?,22-,23?,24?,25+,26?,29+,30-,31-,32-/m1/s1. The van der Waals surface area contributed by atoms with Crippen LogP contribution in [0, 0.1) is 45.3 Å². The SMILES string of the molecule is COC(C)(C)CCC[C@@](C)(OC)C1CC[C@]2(C)C1[C@H](O)CC1[C@@]3(C)CC[C@H](O)C(C)(C)C3CC[C@]12C. The van der Waals surface area contributed by atoms with Crippen LogP contribution in [0.2, 0.25) is 0 Å². The van der Waals surface area contributed by atoms with Crippen molar-refractivity contribution in [2.45, 2.75) is 143 Å². The highest BCUT2D eigenvalue weighted by atomic mass is 16.5. The minimum Gasteiger partial charge on any atom is -0.393 e. The van der Waals surface area contributed by atoms with Crippen LogP contribution in [0.3, 0.4) is 0 Å². The van der Waals surface area contributed by atoms with E-state index < -0.39 is 0 Å². The van der Waals surface area contributed by atoms with Gasteiger partial charge in [0.25, 0.3) is 0 Å². The normalized spacial score (nSPS) is 48.0. The van der Waals surface area contributed by atoms with Gasteiger partial charge in [-0.05, 0) is 130 Å². The Hall–Kier alpha value is -0.160. The van der Waals surface area contributed by atoms with Gasteiger partial charge < -0.3 is 19.7 Å². The quantitative estimate of drug-likeness (QED) is 0.390. The molecule has 0 spiro atoms. The van der Waals surface area contributed by atoms with Gasteiger partial charge in [0.2, 0.25) is 0 Å². The van der Waals surface area contributed by atoms with E-state index in [1.54, 1.807) is 7.11 Å². The predicted octanol–water partition coefficient (Wildman–Crippen LogP) is 7.00. The van der Waals surface area contributed by atoms with Crippen LogP contribution < -0.4 is 0 Å². The summed E-state index contributed by atoms with van der Waals surface area (Å²) in [5, 5.41) is 22.9. The number of ether oxygens (including phenoxy) is 2. The van der Waals surface area contributed by atoms with Crippen molar-refractivity contribution in [2.24, 2.45) is 45.3 Å². The molecule has 0 radical (unpaired) electrons. The third-order valence-electron chi connectivity index (χ3n) is 13.6. The van der Waals surface area contributed by atoms with Gasteiger partial charge in [0.05, 0.1) is 23.4 Å². The van der Waals surface area contributed by atoms with Crippen molar-refractivity contribution in [3.8, 4) is 0 Å². The molecule has 36 heavy (non-hydrogen) atoms. The lowest BCUT2D eigenvalue weighted by Gasteiger charge is -2.70. The number of hydrogen-bond acceptors (Lipinski definition) is 4. The first kappa shape index (κ1) is 28.8. The fourth-order valence-corrected chi connectivity index (χ4v) is 10.8. The first-order chi connectivity index (χ1) is 16.5. The molecular weight excluding hydrogens is 448 g/mol. The molecule has 10 atom stereocenters. The van der Waals surface area contributed by atoms with E-state index in [1.165, 1.54) is 19.3 Å². The Morgan fingerprint density at radius 3 is 2.03 bits per heavy atom.